The molecular formula is C52H78N4O11. The Labute approximate surface area is 398 Å². The summed E-state index contributed by atoms with van der Waals surface area (Å²) in [6.07, 6.45) is 5.32. The van der Waals surface area contributed by atoms with Crippen molar-refractivity contribution < 1.29 is 52.8 Å². The molecule has 15 heteroatoms. The minimum atomic E-state index is -1.08. The lowest BCUT2D eigenvalue weighted by atomic mass is 9.85. The minimum Gasteiger partial charge on any atom is -0.480 e. The summed E-state index contributed by atoms with van der Waals surface area (Å²) in [5.74, 6) is -0.121. The molecule has 2 aliphatic heterocycles. The van der Waals surface area contributed by atoms with Crippen LogP contribution in [0.15, 0.2) is 60.7 Å². The van der Waals surface area contributed by atoms with Gasteiger partial charge < -0.3 is 44.9 Å². The highest BCUT2D eigenvalue weighted by Crippen LogP contribution is 2.44. The van der Waals surface area contributed by atoms with Crippen LogP contribution in [0.1, 0.15) is 133 Å². The second-order valence-corrected chi connectivity index (χ2v) is 22.4. The fourth-order valence-corrected chi connectivity index (χ4v) is 9.24. The van der Waals surface area contributed by atoms with Crippen LogP contribution in [0.4, 0.5) is 9.59 Å². The Morgan fingerprint density at radius 2 is 1.07 bits per heavy atom. The monoisotopic (exact) mass is 935 g/mol. The second-order valence-electron chi connectivity index (χ2n) is 22.4. The maximum Gasteiger partial charge on any atom is 0.408 e. The molecule has 4 fully saturated rings. The first-order chi connectivity index (χ1) is 31.1. The maximum absolute atomic E-state index is 13.8. The Hall–Kier alpha value is -5.18. The molecule has 0 spiro atoms. The number of carboxylic acids is 1. The molecule has 0 aromatic heterocycles. The summed E-state index contributed by atoms with van der Waals surface area (Å²) in [4.78, 5) is 75.7. The highest BCUT2D eigenvalue weighted by atomic mass is 16.6. The van der Waals surface area contributed by atoms with Crippen LogP contribution in [0.3, 0.4) is 0 Å². The van der Waals surface area contributed by atoms with Crippen molar-refractivity contribution in [3.63, 3.8) is 0 Å². The van der Waals surface area contributed by atoms with Crippen molar-refractivity contribution in [2.45, 2.75) is 170 Å². The number of nitrogens with one attached hydrogen (secondary N) is 3. The first-order valence-electron chi connectivity index (χ1n) is 23.8. The molecule has 8 atom stereocenters. The molecule has 3 amide bonds. The molecule has 0 unspecified atom stereocenters. The van der Waals surface area contributed by atoms with Gasteiger partial charge in [-0.2, -0.15) is 0 Å². The largest absolute Gasteiger partial charge is 0.480 e. The van der Waals surface area contributed by atoms with Gasteiger partial charge in [-0.3, -0.25) is 9.59 Å². The predicted octanol–water partition coefficient (Wildman–Crippen LogP) is 8.42. The van der Waals surface area contributed by atoms with E-state index in [1.165, 1.54) is 19.3 Å². The van der Waals surface area contributed by atoms with Gasteiger partial charge in [0.25, 0.3) is 0 Å². The summed E-state index contributed by atoms with van der Waals surface area (Å²) in [5.41, 5.74) is -0.443. The van der Waals surface area contributed by atoms with Gasteiger partial charge in [-0.1, -0.05) is 115 Å². The number of esters is 2. The number of aliphatic carboxylic acids is 1. The summed E-state index contributed by atoms with van der Waals surface area (Å²) >= 11 is 0. The normalized spacial score (nSPS) is 23.1. The summed E-state index contributed by atoms with van der Waals surface area (Å²) in [7, 11) is 0. The molecule has 2 aliphatic carbocycles. The zero-order valence-corrected chi connectivity index (χ0v) is 41.9. The van der Waals surface area contributed by atoms with Crippen molar-refractivity contribution in [3.8, 4) is 0 Å². The van der Waals surface area contributed by atoms with Gasteiger partial charge in [0.15, 0.2) is 0 Å². The van der Waals surface area contributed by atoms with Crippen LogP contribution in [0.25, 0.3) is 0 Å². The number of hydrogen-bond donors (Lipinski definition) is 4. The number of fused-ring (bicyclic) bond motifs is 2. The van der Waals surface area contributed by atoms with E-state index < -0.39 is 52.7 Å². The molecule has 15 nitrogen and oxygen atoms in total. The van der Waals surface area contributed by atoms with Crippen LogP contribution >= 0.6 is 0 Å². The van der Waals surface area contributed by atoms with Crippen LogP contribution in [-0.4, -0.2) is 94.5 Å². The van der Waals surface area contributed by atoms with Crippen LogP contribution in [-0.2, 0) is 51.3 Å². The molecule has 2 heterocycles. The van der Waals surface area contributed by atoms with E-state index in [-0.39, 0.29) is 54.5 Å². The molecular weight excluding hydrogens is 857 g/mol. The lowest BCUT2D eigenvalue weighted by molar-refractivity contribution is -0.165. The average molecular weight is 935 g/mol. The Kier molecular flexibility index (Phi) is 18.9. The van der Waals surface area contributed by atoms with E-state index in [1.54, 1.807) is 25.7 Å². The molecule has 4 N–H and O–H groups in total. The first kappa shape index (κ1) is 54.4. The third kappa shape index (κ3) is 16.8. The molecule has 2 aromatic rings. The number of nitrogens with zero attached hydrogens (tertiary/aromatic N) is 1. The van der Waals surface area contributed by atoms with E-state index in [2.05, 4.69) is 16.0 Å². The number of amides is 3. The van der Waals surface area contributed by atoms with Gasteiger partial charge in [0.2, 0.25) is 5.91 Å². The van der Waals surface area contributed by atoms with Gasteiger partial charge in [-0.05, 0) is 119 Å². The summed E-state index contributed by atoms with van der Waals surface area (Å²) < 4.78 is 21.5. The number of carboxylic acid groups (broad SMARTS) is 1. The van der Waals surface area contributed by atoms with Gasteiger partial charge in [-0.15, -0.1) is 0 Å². The summed E-state index contributed by atoms with van der Waals surface area (Å²) in [6, 6.07) is 16.1. The van der Waals surface area contributed by atoms with Crippen molar-refractivity contribution >= 4 is 36.0 Å². The highest BCUT2D eigenvalue weighted by Gasteiger charge is 2.53. The molecule has 4 aliphatic rings. The molecule has 2 saturated carbocycles. The minimum absolute atomic E-state index is 0.0447. The molecule has 372 valence electrons. The number of rotatable bonds is 10. The number of likely N-dealkylation sites (tertiary alicyclic amines) is 1. The standard InChI is InChI=1S/C26H38N2O5.C14H19NO4.C12H21NO2/c1-25(2,3)21(27-24(31)32-16-17-11-8-7-9-12-17)22(29)28-15-18-13-10-14-19(18)20(28)23(30)33-26(4,5)6;1-14(2,3)11(12(16)17)15-13(18)19-9-10-7-5-4-6-8-10;1-12(2,3)15-11(14)10-9-6-4-5-8(9)7-13-10/h7-9,11-12,18-21H,10,13-16H2,1-6H3,(H,27,31);4-8,11H,9H2,1-3H3,(H,15,18)(H,16,17);8-10,13H,4-7H2,1-3H3/t18-,19-,20-,21+;11-;8-,9-,10-/m010/s1. The molecule has 2 saturated heterocycles. The van der Waals surface area contributed by atoms with Gasteiger partial charge in [-0.25, -0.2) is 19.2 Å². The first-order valence-corrected chi connectivity index (χ1v) is 23.8. The van der Waals surface area contributed by atoms with Crippen molar-refractivity contribution in [2.75, 3.05) is 13.1 Å². The maximum atomic E-state index is 13.8. The smallest absolute Gasteiger partial charge is 0.408 e. The van der Waals surface area contributed by atoms with Crippen LogP contribution < -0.4 is 16.0 Å². The number of carbonyl (C=O) groups is 6. The molecule has 2 aromatic carbocycles. The van der Waals surface area contributed by atoms with Crippen LogP contribution in [0, 0.1) is 34.5 Å². The number of ether oxygens (including phenoxy) is 4. The summed E-state index contributed by atoms with van der Waals surface area (Å²) in [6.45, 7) is 23.9. The zero-order chi connectivity index (χ0) is 49.9. The van der Waals surface area contributed by atoms with E-state index in [0.29, 0.717) is 18.4 Å². The number of hydrogen-bond acceptors (Lipinski definition) is 11. The Bertz CT molecular complexity index is 1970. The van der Waals surface area contributed by atoms with Gasteiger partial charge in [0, 0.05) is 6.54 Å². The molecule has 0 radical (unpaired) electrons. The highest BCUT2D eigenvalue weighted by molar-refractivity contribution is 5.91. The fraction of sp³-hybridized carbons (Fsp3) is 0.654. The number of carbonyl (C=O) groups excluding carboxylic acids is 5. The lowest BCUT2D eigenvalue weighted by Gasteiger charge is -2.36. The van der Waals surface area contributed by atoms with Crippen molar-refractivity contribution in [3.05, 3.63) is 71.8 Å². The second kappa shape index (κ2) is 23.2. The molecule has 0 bridgehead atoms. The lowest BCUT2D eigenvalue weighted by Crippen LogP contribution is -2.57. The summed E-state index contributed by atoms with van der Waals surface area (Å²) in [5, 5.41) is 17.5. The van der Waals surface area contributed by atoms with E-state index >= 15 is 0 Å². The van der Waals surface area contributed by atoms with Crippen molar-refractivity contribution in [2.24, 2.45) is 34.5 Å². The average Bonchev–Trinajstić information content (AvgIpc) is 4.02. The molecule has 6 rings (SSSR count). The van der Waals surface area contributed by atoms with Gasteiger partial charge in [0.1, 0.15) is 48.6 Å². The van der Waals surface area contributed by atoms with Gasteiger partial charge >= 0.3 is 30.1 Å². The molecule has 67 heavy (non-hydrogen) atoms. The van der Waals surface area contributed by atoms with Crippen LogP contribution in [0.2, 0.25) is 0 Å². The number of benzene rings is 2. The third-order valence-electron chi connectivity index (χ3n) is 12.4. The van der Waals surface area contributed by atoms with E-state index in [0.717, 1.165) is 36.9 Å². The quantitative estimate of drug-likeness (QED) is 0.131. The van der Waals surface area contributed by atoms with Crippen LogP contribution in [0.5, 0.6) is 0 Å². The van der Waals surface area contributed by atoms with E-state index in [9.17, 15) is 28.8 Å². The van der Waals surface area contributed by atoms with Crippen molar-refractivity contribution in [1.29, 1.82) is 0 Å². The Balaban J connectivity index is 0.000000243. The number of alkyl carbamates (subject to hydrolysis) is 2. The zero-order valence-electron chi connectivity index (χ0n) is 41.9. The Morgan fingerprint density at radius 1 is 0.627 bits per heavy atom. The third-order valence-corrected chi connectivity index (χ3v) is 12.4. The fourth-order valence-electron chi connectivity index (χ4n) is 9.24. The van der Waals surface area contributed by atoms with E-state index in [4.69, 9.17) is 24.1 Å². The topological polar surface area (TPSA) is 199 Å². The Morgan fingerprint density at radius 3 is 1.54 bits per heavy atom. The van der Waals surface area contributed by atoms with Gasteiger partial charge in [0.05, 0.1) is 0 Å². The van der Waals surface area contributed by atoms with E-state index in [1.807, 2.05) is 123 Å². The SMILES string of the molecule is CC(C)(C)OC(=O)[C@@H]1[C@H]2CCC[C@H]2CN1C(=O)[C@@H](NC(=O)OCc1ccccc1)C(C)(C)C.CC(C)(C)OC(=O)[C@H]1NC[C@@H]2CCC[C@@H]21.CC(C)(C)[C@H](NC(=O)OCc1ccccc1)C(=O)O. The van der Waals surface area contributed by atoms with Crippen molar-refractivity contribution in [1.82, 2.24) is 20.9 Å². The predicted molar refractivity (Wildman–Crippen MR) is 254 cm³/mol.